The van der Waals surface area contributed by atoms with Gasteiger partial charge >= 0.3 is 5.97 Å². The summed E-state index contributed by atoms with van der Waals surface area (Å²) in [6, 6.07) is 3.49. The summed E-state index contributed by atoms with van der Waals surface area (Å²) in [6.45, 7) is 4.54. The van der Waals surface area contributed by atoms with Gasteiger partial charge in [-0.3, -0.25) is 4.79 Å². The highest BCUT2D eigenvalue weighted by Gasteiger charge is 2.29. The zero-order valence-corrected chi connectivity index (χ0v) is 11.8. The normalized spacial score (nSPS) is 14.9. The van der Waals surface area contributed by atoms with Gasteiger partial charge in [0.2, 0.25) is 0 Å². The minimum Gasteiger partial charge on any atom is -0.490 e. The smallest absolute Gasteiger partial charge is 0.309 e. The number of carboxylic acid groups (broad SMARTS) is 1. The molecular formula is C14H17ClO4. The average Bonchev–Trinajstić information content (AvgIpc) is 2.54. The van der Waals surface area contributed by atoms with Gasteiger partial charge in [0.25, 0.3) is 0 Å². The Labute approximate surface area is 117 Å². The van der Waals surface area contributed by atoms with E-state index in [0.29, 0.717) is 36.2 Å². The Bertz CT molecular complexity index is 496. The summed E-state index contributed by atoms with van der Waals surface area (Å²) in [5.74, 6) is 0.410. The maximum atomic E-state index is 11.2. The lowest BCUT2D eigenvalue weighted by Gasteiger charge is -2.20. The molecular weight excluding hydrogens is 268 g/mol. The zero-order chi connectivity index (χ0) is 14.0. The number of ether oxygens (including phenoxy) is 2. The number of aliphatic carboxylic acids is 1. The molecule has 0 bridgehead atoms. The molecule has 1 aliphatic rings. The van der Waals surface area contributed by atoms with Gasteiger partial charge in [-0.05, 0) is 31.9 Å². The second-order valence-corrected chi connectivity index (χ2v) is 5.71. The molecule has 5 heteroatoms. The summed E-state index contributed by atoms with van der Waals surface area (Å²) in [4.78, 5) is 11.2. The first-order valence-corrected chi connectivity index (χ1v) is 6.59. The molecule has 0 spiro atoms. The Morgan fingerprint density at radius 1 is 1.32 bits per heavy atom. The van der Waals surface area contributed by atoms with Gasteiger partial charge < -0.3 is 14.6 Å². The number of rotatable bonds is 3. The Hall–Kier alpha value is -1.42. The quantitative estimate of drug-likeness (QED) is 0.926. The van der Waals surface area contributed by atoms with Crippen molar-refractivity contribution in [1.29, 1.82) is 0 Å². The molecule has 0 amide bonds. The van der Waals surface area contributed by atoms with Crippen LogP contribution in [0.5, 0.6) is 11.5 Å². The van der Waals surface area contributed by atoms with Crippen LogP contribution in [0.15, 0.2) is 12.1 Å². The number of halogens is 1. The number of benzene rings is 1. The summed E-state index contributed by atoms with van der Waals surface area (Å²) in [5, 5.41) is 9.69. The van der Waals surface area contributed by atoms with Crippen LogP contribution >= 0.6 is 11.6 Å². The molecule has 0 unspecified atom stereocenters. The fourth-order valence-corrected chi connectivity index (χ4v) is 2.13. The molecule has 0 saturated heterocycles. The molecule has 0 radical (unpaired) electrons. The third-order valence-electron chi connectivity index (χ3n) is 3.13. The number of carbonyl (C=O) groups is 1. The first-order chi connectivity index (χ1) is 8.90. The fourth-order valence-electron chi connectivity index (χ4n) is 1.91. The molecule has 1 aromatic rings. The molecule has 104 valence electrons. The number of hydrogen-bond donors (Lipinski definition) is 1. The Kier molecular flexibility index (Phi) is 3.90. The van der Waals surface area contributed by atoms with Crippen molar-refractivity contribution in [3.63, 3.8) is 0 Å². The Morgan fingerprint density at radius 2 is 1.89 bits per heavy atom. The van der Waals surface area contributed by atoms with Crippen molar-refractivity contribution in [2.75, 3.05) is 13.2 Å². The van der Waals surface area contributed by atoms with Crippen molar-refractivity contribution in [1.82, 2.24) is 0 Å². The van der Waals surface area contributed by atoms with E-state index in [1.807, 2.05) is 0 Å². The monoisotopic (exact) mass is 284 g/mol. The van der Waals surface area contributed by atoms with Crippen molar-refractivity contribution >= 4 is 17.6 Å². The predicted octanol–water partition coefficient (Wildman–Crippen LogP) is 3.15. The molecule has 1 aliphatic heterocycles. The first kappa shape index (κ1) is 14.0. The van der Waals surface area contributed by atoms with Crippen molar-refractivity contribution in [2.24, 2.45) is 5.41 Å². The van der Waals surface area contributed by atoms with E-state index < -0.39 is 11.4 Å². The molecule has 0 aliphatic carbocycles. The van der Waals surface area contributed by atoms with E-state index in [1.165, 1.54) is 0 Å². The first-order valence-electron chi connectivity index (χ1n) is 6.21. The van der Waals surface area contributed by atoms with Crippen LogP contribution in [0.1, 0.15) is 25.8 Å². The van der Waals surface area contributed by atoms with Crippen molar-refractivity contribution in [3.8, 4) is 11.5 Å². The van der Waals surface area contributed by atoms with Crippen LogP contribution in [-0.2, 0) is 11.2 Å². The molecule has 0 saturated carbocycles. The minimum absolute atomic E-state index is 0.345. The van der Waals surface area contributed by atoms with Crippen LogP contribution in [0.3, 0.4) is 0 Å². The number of fused-ring (bicyclic) bond motifs is 1. The number of hydrogen-bond acceptors (Lipinski definition) is 3. The van der Waals surface area contributed by atoms with Gasteiger partial charge in [0.05, 0.1) is 18.6 Å². The second kappa shape index (κ2) is 5.29. The molecule has 1 N–H and O–H groups in total. The van der Waals surface area contributed by atoms with E-state index in [0.717, 1.165) is 12.0 Å². The van der Waals surface area contributed by atoms with Crippen molar-refractivity contribution < 1.29 is 19.4 Å². The van der Waals surface area contributed by atoms with Crippen molar-refractivity contribution in [3.05, 3.63) is 22.7 Å². The van der Waals surface area contributed by atoms with Crippen molar-refractivity contribution in [2.45, 2.75) is 26.7 Å². The van der Waals surface area contributed by atoms with Crippen LogP contribution in [0.2, 0.25) is 5.02 Å². The van der Waals surface area contributed by atoms with E-state index in [1.54, 1.807) is 26.0 Å². The molecule has 0 aromatic heterocycles. The highest BCUT2D eigenvalue weighted by atomic mass is 35.5. The SMILES string of the molecule is CC(C)(Cc1cc2c(cc1Cl)OCCCO2)C(=O)O. The van der Waals surface area contributed by atoms with Crippen LogP contribution in [0.25, 0.3) is 0 Å². The largest absolute Gasteiger partial charge is 0.490 e. The predicted molar refractivity (Wildman–Crippen MR) is 72.2 cm³/mol. The molecule has 0 atom stereocenters. The summed E-state index contributed by atoms with van der Waals surface area (Å²) in [7, 11) is 0. The van der Waals surface area contributed by atoms with E-state index in [-0.39, 0.29) is 0 Å². The lowest BCUT2D eigenvalue weighted by molar-refractivity contribution is -0.146. The molecule has 1 aromatic carbocycles. The minimum atomic E-state index is -0.872. The molecule has 19 heavy (non-hydrogen) atoms. The third-order valence-corrected chi connectivity index (χ3v) is 3.48. The lowest BCUT2D eigenvalue weighted by Crippen LogP contribution is -2.26. The van der Waals surface area contributed by atoms with E-state index in [4.69, 9.17) is 21.1 Å². The average molecular weight is 285 g/mol. The molecule has 4 nitrogen and oxygen atoms in total. The van der Waals surface area contributed by atoms with Gasteiger partial charge in [-0.25, -0.2) is 0 Å². The summed E-state index contributed by atoms with van der Waals surface area (Å²) in [5.41, 5.74) is -0.109. The standard InChI is InChI=1S/C14H17ClO4/c1-14(2,13(16)17)8-9-6-11-12(7-10(9)15)19-5-3-4-18-11/h6-7H,3-5,8H2,1-2H3,(H,16,17). The van der Waals surface area contributed by atoms with E-state index in [9.17, 15) is 9.90 Å². The van der Waals surface area contributed by atoms with Gasteiger partial charge in [0, 0.05) is 17.5 Å². The second-order valence-electron chi connectivity index (χ2n) is 5.31. The highest BCUT2D eigenvalue weighted by molar-refractivity contribution is 6.31. The summed E-state index contributed by atoms with van der Waals surface area (Å²) in [6.07, 6.45) is 1.17. The third kappa shape index (κ3) is 3.13. The van der Waals surface area contributed by atoms with Crippen LogP contribution in [-0.4, -0.2) is 24.3 Å². The van der Waals surface area contributed by atoms with Crippen LogP contribution < -0.4 is 9.47 Å². The molecule has 2 rings (SSSR count). The van der Waals surface area contributed by atoms with Gasteiger partial charge in [-0.1, -0.05) is 11.6 Å². The highest BCUT2D eigenvalue weighted by Crippen LogP contribution is 2.37. The fraction of sp³-hybridized carbons (Fsp3) is 0.500. The topological polar surface area (TPSA) is 55.8 Å². The Balaban J connectivity index is 2.32. The summed E-state index contributed by atoms with van der Waals surface area (Å²) < 4.78 is 11.1. The Morgan fingerprint density at radius 3 is 2.47 bits per heavy atom. The van der Waals surface area contributed by atoms with Crippen LogP contribution in [0, 0.1) is 5.41 Å². The zero-order valence-electron chi connectivity index (χ0n) is 11.0. The van der Waals surface area contributed by atoms with Gasteiger partial charge in [-0.2, -0.15) is 0 Å². The summed E-state index contributed by atoms with van der Waals surface area (Å²) >= 11 is 6.20. The molecule has 0 fully saturated rings. The maximum Gasteiger partial charge on any atom is 0.309 e. The lowest BCUT2D eigenvalue weighted by atomic mass is 9.86. The molecule has 1 heterocycles. The van der Waals surface area contributed by atoms with E-state index in [2.05, 4.69) is 0 Å². The van der Waals surface area contributed by atoms with Gasteiger partial charge in [0.1, 0.15) is 0 Å². The van der Waals surface area contributed by atoms with Gasteiger partial charge in [0.15, 0.2) is 11.5 Å². The number of carboxylic acids is 1. The van der Waals surface area contributed by atoms with Crippen LogP contribution in [0.4, 0.5) is 0 Å². The van der Waals surface area contributed by atoms with Gasteiger partial charge in [-0.15, -0.1) is 0 Å². The maximum absolute atomic E-state index is 11.2. The van der Waals surface area contributed by atoms with E-state index >= 15 is 0 Å².